The van der Waals surface area contributed by atoms with Crippen molar-refractivity contribution in [2.45, 2.75) is 50.9 Å². The molecule has 0 spiro atoms. The molecule has 4 nitrogen and oxygen atoms in total. The Kier molecular flexibility index (Phi) is 5.81. The Bertz CT molecular complexity index is 985. The summed E-state index contributed by atoms with van der Waals surface area (Å²) >= 11 is 3.10. The Morgan fingerprint density at radius 3 is 2.48 bits per heavy atom. The number of rotatable bonds is 5. The van der Waals surface area contributed by atoms with E-state index in [2.05, 4.69) is 29.1 Å². The molecule has 27 heavy (non-hydrogen) atoms. The first-order valence-corrected chi connectivity index (χ1v) is 10.4. The molecule has 0 unspecified atom stereocenters. The summed E-state index contributed by atoms with van der Waals surface area (Å²) in [6.07, 6.45) is 0. The fourth-order valence-electron chi connectivity index (χ4n) is 2.79. The van der Waals surface area contributed by atoms with E-state index in [0.717, 1.165) is 20.8 Å². The maximum Gasteiger partial charge on any atom is 0.233 e. The van der Waals surface area contributed by atoms with Gasteiger partial charge in [-0.1, -0.05) is 23.9 Å². The summed E-state index contributed by atoms with van der Waals surface area (Å²) in [6.45, 7) is 9.77. The van der Waals surface area contributed by atoms with Crippen molar-refractivity contribution >= 4 is 39.2 Å². The number of benzene rings is 1. The molecule has 1 aromatic carbocycles. The highest BCUT2D eigenvalue weighted by atomic mass is 32.2. The summed E-state index contributed by atoms with van der Waals surface area (Å²) in [4.78, 5) is 24.0. The second-order valence-corrected chi connectivity index (χ2v) is 9.11. The van der Waals surface area contributed by atoms with Crippen molar-refractivity contribution in [1.82, 2.24) is 15.3 Å². The Balaban J connectivity index is 1.77. The maximum absolute atomic E-state index is 13.1. The van der Waals surface area contributed by atoms with Crippen molar-refractivity contribution < 1.29 is 9.18 Å². The fourth-order valence-corrected chi connectivity index (χ4v) is 4.99. The first kappa shape index (κ1) is 19.8. The van der Waals surface area contributed by atoms with Crippen LogP contribution < -0.4 is 5.32 Å². The van der Waals surface area contributed by atoms with Crippen LogP contribution in [-0.2, 0) is 4.79 Å². The first-order chi connectivity index (χ1) is 12.8. The van der Waals surface area contributed by atoms with E-state index in [4.69, 9.17) is 0 Å². The molecule has 142 valence electrons. The molecule has 7 heteroatoms. The van der Waals surface area contributed by atoms with Gasteiger partial charge in [-0.3, -0.25) is 4.79 Å². The van der Waals surface area contributed by atoms with Crippen molar-refractivity contribution in [2.75, 3.05) is 0 Å². The van der Waals surface area contributed by atoms with Crippen LogP contribution in [0.2, 0.25) is 0 Å². The van der Waals surface area contributed by atoms with Crippen LogP contribution in [0.25, 0.3) is 10.2 Å². The third-order valence-corrected chi connectivity index (χ3v) is 6.68. The Labute approximate surface area is 166 Å². The summed E-state index contributed by atoms with van der Waals surface area (Å²) in [5, 5.41) is 4.57. The van der Waals surface area contributed by atoms with Crippen LogP contribution in [0.1, 0.15) is 41.7 Å². The highest BCUT2D eigenvalue weighted by Crippen LogP contribution is 2.36. The van der Waals surface area contributed by atoms with Crippen molar-refractivity contribution in [2.24, 2.45) is 0 Å². The van der Waals surface area contributed by atoms with E-state index >= 15 is 0 Å². The van der Waals surface area contributed by atoms with Crippen molar-refractivity contribution in [1.29, 1.82) is 0 Å². The average Bonchev–Trinajstić information content (AvgIpc) is 2.89. The number of thioether (sulfide) groups is 1. The van der Waals surface area contributed by atoms with E-state index in [-0.39, 0.29) is 23.0 Å². The Morgan fingerprint density at radius 2 is 1.81 bits per heavy atom. The van der Waals surface area contributed by atoms with E-state index in [1.54, 1.807) is 23.5 Å². The number of nitrogens with one attached hydrogen (secondary N) is 1. The van der Waals surface area contributed by atoms with Gasteiger partial charge >= 0.3 is 0 Å². The molecule has 0 aliphatic rings. The molecule has 0 fully saturated rings. The van der Waals surface area contributed by atoms with Crippen LogP contribution in [0, 0.1) is 26.6 Å². The van der Waals surface area contributed by atoms with Crippen LogP contribution in [0.5, 0.6) is 0 Å². The highest BCUT2D eigenvalue weighted by molar-refractivity contribution is 8.00. The second kappa shape index (κ2) is 7.94. The molecule has 1 amide bonds. The lowest BCUT2D eigenvalue weighted by molar-refractivity contribution is -0.120. The number of aromatic nitrogens is 2. The zero-order valence-corrected chi connectivity index (χ0v) is 17.6. The van der Waals surface area contributed by atoms with Gasteiger partial charge < -0.3 is 5.32 Å². The number of hydrogen-bond acceptors (Lipinski definition) is 5. The van der Waals surface area contributed by atoms with Crippen molar-refractivity contribution in [3.05, 3.63) is 51.9 Å². The molecule has 0 radical (unpaired) electrons. The molecule has 3 rings (SSSR count). The van der Waals surface area contributed by atoms with E-state index in [9.17, 15) is 9.18 Å². The summed E-state index contributed by atoms with van der Waals surface area (Å²) in [5.41, 5.74) is 2.04. The number of carbonyl (C=O) groups excluding carboxylic acids is 1. The zero-order chi connectivity index (χ0) is 19.7. The van der Waals surface area contributed by atoms with Gasteiger partial charge in [-0.25, -0.2) is 14.4 Å². The molecule has 0 aliphatic heterocycles. The molecule has 0 saturated carbocycles. The number of fused-ring (bicyclic) bond motifs is 1. The number of hydrogen-bond donors (Lipinski definition) is 1. The van der Waals surface area contributed by atoms with Gasteiger partial charge in [-0.2, -0.15) is 0 Å². The largest absolute Gasteiger partial charge is 0.349 e. The van der Waals surface area contributed by atoms with Crippen LogP contribution in [0.15, 0.2) is 29.3 Å². The van der Waals surface area contributed by atoms with Crippen LogP contribution >= 0.6 is 23.1 Å². The maximum atomic E-state index is 13.1. The average molecular weight is 404 g/mol. The molecule has 2 heterocycles. The molecular weight excluding hydrogens is 381 g/mol. The lowest BCUT2D eigenvalue weighted by Crippen LogP contribution is -2.33. The molecule has 2 aromatic heterocycles. The van der Waals surface area contributed by atoms with Crippen molar-refractivity contribution in [3.8, 4) is 0 Å². The Morgan fingerprint density at radius 1 is 1.15 bits per heavy atom. The fraction of sp³-hybridized carbons (Fsp3) is 0.350. The quantitative estimate of drug-likeness (QED) is 0.475. The number of nitrogens with zero attached hydrogens (tertiary/aromatic N) is 2. The monoisotopic (exact) mass is 403 g/mol. The number of thiophene rings is 1. The number of amides is 1. The standard InChI is InChI=1S/C20H22FN3OS2/c1-10-12(3)26-19-17(10)20(24-14(5)23-19)27-13(4)18(25)22-11(2)15-6-8-16(21)9-7-15/h6-9,11,13H,1-5H3,(H,22,25)/t11-,13+/m1/s1. The molecule has 0 saturated heterocycles. The normalized spacial score (nSPS) is 13.6. The molecule has 0 aliphatic carbocycles. The van der Waals surface area contributed by atoms with Crippen LogP contribution in [0.3, 0.4) is 0 Å². The third kappa shape index (κ3) is 4.30. The van der Waals surface area contributed by atoms with Gasteiger partial charge in [0.25, 0.3) is 0 Å². The van der Waals surface area contributed by atoms with Gasteiger partial charge in [0, 0.05) is 10.3 Å². The van der Waals surface area contributed by atoms with Crippen LogP contribution in [0.4, 0.5) is 4.39 Å². The van der Waals surface area contributed by atoms with Gasteiger partial charge in [-0.15, -0.1) is 11.3 Å². The van der Waals surface area contributed by atoms with Crippen molar-refractivity contribution in [3.63, 3.8) is 0 Å². The molecular formula is C20H22FN3OS2. The van der Waals surface area contributed by atoms with Gasteiger partial charge in [0.2, 0.25) is 5.91 Å². The summed E-state index contributed by atoms with van der Waals surface area (Å²) in [6, 6.07) is 5.98. The van der Waals surface area contributed by atoms with Crippen LogP contribution in [-0.4, -0.2) is 21.1 Å². The predicted molar refractivity (Wildman–Crippen MR) is 110 cm³/mol. The number of aryl methyl sites for hydroxylation is 3. The van der Waals surface area contributed by atoms with E-state index in [1.807, 2.05) is 20.8 Å². The smallest absolute Gasteiger partial charge is 0.233 e. The van der Waals surface area contributed by atoms with Gasteiger partial charge in [0.05, 0.1) is 11.3 Å². The lowest BCUT2D eigenvalue weighted by Gasteiger charge is -2.18. The number of carbonyl (C=O) groups is 1. The molecule has 3 aromatic rings. The molecule has 1 N–H and O–H groups in total. The van der Waals surface area contributed by atoms with E-state index in [1.165, 1.54) is 34.3 Å². The predicted octanol–water partition coefficient (Wildman–Crippen LogP) is 5.11. The first-order valence-electron chi connectivity index (χ1n) is 8.73. The minimum Gasteiger partial charge on any atom is -0.349 e. The van der Waals surface area contributed by atoms with E-state index < -0.39 is 0 Å². The minimum atomic E-state index is -0.315. The summed E-state index contributed by atoms with van der Waals surface area (Å²) in [7, 11) is 0. The Hall–Kier alpha value is -1.99. The van der Waals surface area contributed by atoms with Gasteiger partial charge in [0.1, 0.15) is 21.5 Å². The highest BCUT2D eigenvalue weighted by Gasteiger charge is 2.21. The topological polar surface area (TPSA) is 54.9 Å². The zero-order valence-electron chi connectivity index (χ0n) is 16.0. The van der Waals surface area contributed by atoms with Gasteiger partial charge in [0.15, 0.2) is 0 Å². The van der Waals surface area contributed by atoms with E-state index in [0.29, 0.717) is 5.82 Å². The SMILES string of the molecule is Cc1nc(S[C@@H](C)C(=O)N[C@H](C)c2ccc(F)cc2)c2c(C)c(C)sc2n1. The summed E-state index contributed by atoms with van der Waals surface area (Å²) < 4.78 is 13.1. The lowest BCUT2D eigenvalue weighted by atomic mass is 10.1. The number of halogens is 1. The van der Waals surface area contributed by atoms with Gasteiger partial charge in [-0.05, 0) is 57.9 Å². The third-order valence-electron chi connectivity index (χ3n) is 4.49. The molecule has 0 bridgehead atoms. The second-order valence-electron chi connectivity index (χ2n) is 6.58. The minimum absolute atomic E-state index is 0.0779. The summed E-state index contributed by atoms with van der Waals surface area (Å²) in [5.74, 6) is 0.343. The molecule has 2 atom stereocenters.